The third-order valence-corrected chi connectivity index (χ3v) is 4.04. The summed E-state index contributed by atoms with van der Waals surface area (Å²) < 4.78 is 1.62. The number of nitrogens with one attached hydrogen (secondary N) is 1. The van der Waals surface area contributed by atoms with Crippen molar-refractivity contribution in [2.75, 3.05) is 12.4 Å². The first-order chi connectivity index (χ1) is 11.2. The van der Waals surface area contributed by atoms with Crippen molar-refractivity contribution in [1.29, 1.82) is 0 Å². The first-order valence-corrected chi connectivity index (χ1v) is 8.03. The van der Waals surface area contributed by atoms with Crippen LogP contribution in [-0.2, 0) is 6.42 Å². The van der Waals surface area contributed by atoms with E-state index in [2.05, 4.69) is 12.2 Å². The fraction of sp³-hybridized carbons (Fsp3) is 0.263. The summed E-state index contributed by atoms with van der Waals surface area (Å²) in [6.45, 7) is 2.15. The Kier molecular flexibility index (Phi) is 4.42. The Labute approximate surface area is 135 Å². The normalized spacial score (nSPS) is 10.9. The zero-order chi connectivity index (χ0) is 16.2. The van der Waals surface area contributed by atoms with E-state index < -0.39 is 0 Å². The summed E-state index contributed by atoms with van der Waals surface area (Å²) >= 11 is 0. The molecule has 0 saturated carbocycles. The molecule has 0 unspecified atom stereocenters. The Morgan fingerprint density at radius 2 is 1.91 bits per heavy atom. The van der Waals surface area contributed by atoms with E-state index in [1.807, 2.05) is 49.5 Å². The minimum atomic E-state index is -0.00101. The highest BCUT2D eigenvalue weighted by molar-refractivity contribution is 5.68. The van der Waals surface area contributed by atoms with Crippen LogP contribution in [0.3, 0.4) is 0 Å². The number of benzene rings is 1. The van der Waals surface area contributed by atoms with Gasteiger partial charge in [-0.05, 0) is 42.7 Å². The van der Waals surface area contributed by atoms with Crippen LogP contribution in [0.25, 0.3) is 16.8 Å². The van der Waals surface area contributed by atoms with Gasteiger partial charge in [0, 0.05) is 18.9 Å². The van der Waals surface area contributed by atoms with Crippen LogP contribution in [0.2, 0.25) is 0 Å². The van der Waals surface area contributed by atoms with E-state index in [-0.39, 0.29) is 5.56 Å². The topological polar surface area (TPSA) is 46.4 Å². The Morgan fingerprint density at radius 1 is 1.13 bits per heavy atom. The van der Waals surface area contributed by atoms with Crippen LogP contribution >= 0.6 is 0 Å². The van der Waals surface area contributed by atoms with Crippen molar-refractivity contribution in [3.05, 3.63) is 64.7 Å². The van der Waals surface area contributed by atoms with Gasteiger partial charge in [0.1, 0.15) is 5.65 Å². The van der Waals surface area contributed by atoms with Crippen molar-refractivity contribution >= 4 is 11.3 Å². The molecule has 0 spiro atoms. The quantitative estimate of drug-likeness (QED) is 0.781. The molecule has 0 radical (unpaired) electrons. The molecule has 4 nitrogen and oxygen atoms in total. The van der Waals surface area contributed by atoms with E-state index in [4.69, 9.17) is 4.98 Å². The molecule has 118 valence electrons. The summed E-state index contributed by atoms with van der Waals surface area (Å²) in [6, 6.07) is 13.6. The van der Waals surface area contributed by atoms with Gasteiger partial charge in [0.15, 0.2) is 0 Å². The molecule has 0 aliphatic carbocycles. The van der Waals surface area contributed by atoms with Crippen LogP contribution in [0, 0.1) is 0 Å². The van der Waals surface area contributed by atoms with Crippen molar-refractivity contribution < 1.29 is 0 Å². The predicted octanol–water partition coefficient (Wildman–Crippen LogP) is 3.75. The SMILES string of the molecule is CCCCc1nc2ccccn2c(=O)c1-c1ccc(NC)cc1. The molecule has 0 amide bonds. The Hall–Kier alpha value is -2.62. The summed E-state index contributed by atoms with van der Waals surface area (Å²) in [4.78, 5) is 17.7. The van der Waals surface area contributed by atoms with Crippen LogP contribution in [0.5, 0.6) is 0 Å². The summed E-state index contributed by atoms with van der Waals surface area (Å²) in [5, 5.41) is 3.10. The smallest absolute Gasteiger partial charge is 0.265 e. The van der Waals surface area contributed by atoms with Crippen molar-refractivity contribution in [2.24, 2.45) is 0 Å². The Bertz CT molecular complexity index is 866. The van der Waals surface area contributed by atoms with Crippen LogP contribution in [0.4, 0.5) is 5.69 Å². The lowest BCUT2D eigenvalue weighted by Gasteiger charge is -2.11. The maximum atomic E-state index is 13.0. The average molecular weight is 307 g/mol. The largest absolute Gasteiger partial charge is 0.388 e. The molecular weight excluding hydrogens is 286 g/mol. The molecule has 23 heavy (non-hydrogen) atoms. The van der Waals surface area contributed by atoms with Crippen molar-refractivity contribution in [3.8, 4) is 11.1 Å². The number of hydrogen-bond donors (Lipinski definition) is 1. The number of hydrogen-bond acceptors (Lipinski definition) is 3. The van der Waals surface area contributed by atoms with Gasteiger partial charge in [0.05, 0.1) is 11.3 Å². The second-order valence-electron chi connectivity index (χ2n) is 5.60. The zero-order valence-electron chi connectivity index (χ0n) is 13.5. The molecule has 4 heteroatoms. The first kappa shape index (κ1) is 15.3. The highest BCUT2D eigenvalue weighted by atomic mass is 16.1. The van der Waals surface area contributed by atoms with Gasteiger partial charge < -0.3 is 5.32 Å². The van der Waals surface area contributed by atoms with Gasteiger partial charge in [0.2, 0.25) is 0 Å². The standard InChI is InChI=1S/C19H21N3O/c1-3-4-7-16-18(14-9-11-15(20-2)12-10-14)19(23)22-13-6-5-8-17(22)21-16/h5-6,8-13,20H,3-4,7H2,1-2H3. The molecule has 3 rings (SSSR count). The second kappa shape index (κ2) is 6.65. The number of aryl methyl sites for hydroxylation is 1. The highest BCUT2D eigenvalue weighted by Gasteiger charge is 2.14. The molecule has 3 aromatic rings. The fourth-order valence-corrected chi connectivity index (χ4v) is 2.75. The van der Waals surface area contributed by atoms with Crippen LogP contribution in [0.15, 0.2) is 53.5 Å². The summed E-state index contributed by atoms with van der Waals surface area (Å²) in [6.07, 6.45) is 4.70. The van der Waals surface area contributed by atoms with Gasteiger partial charge in [-0.2, -0.15) is 0 Å². The van der Waals surface area contributed by atoms with E-state index in [9.17, 15) is 4.79 Å². The first-order valence-electron chi connectivity index (χ1n) is 8.03. The van der Waals surface area contributed by atoms with E-state index in [1.54, 1.807) is 10.6 Å². The highest BCUT2D eigenvalue weighted by Crippen LogP contribution is 2.23. The Balaban J connectivity index is 2.22. The van der Waals surface area contributed by atoms with Gasteiger partial charge >= 0.3 is 0 Å². The lowest BCUT2D eigenvalue weighted by Crippen LogP contribution is -2.19. The summed E-state index contributed by atoms with van der Waals surface area (Å²) in [5.74, 6) is 0. The third kappa shape index (κ3) is 2.97. The van der Waals surface area contributed by atoms with Crippen molar-refractivity contribution in [3.63, 3.8) is 0 Å². The van der Waals surface area contributed by atoms with Crippen molar-refractivity contribution in [2.45, 2.75) is 26.2 Å². The molecule has 0 aliphatic heterocycles. The third-order valence-electron chi connectivity index (χ3n) is 4.04. The molecule has 0 atom stereocenters. The van der Waals surface area contributed by atoms with E-state index in [0.717, 1.165) is 36.2 Å². The molecule has 2 aromatic heterocycles. The van der Waals surface area contributed by atoms with Gasteiger partial charge in [-0.25, -0.2) is 4.98 Å². The van der Waals surface area contributed by atoms with Gasteiger partial charge in [0.25, 0.3) is 5.56 Å². The molecule has 2 heterocycles. The number of rotatable bonds is 5. The fourth-order valence-electron chi connectivity index (χ4n) is 2.75. The molecule has 1 N–H and O–H groups in total. The predicted molar refractivity (Wildman–Crippen MR) is 95.1 cm³/mol. The Morgan fingerprint density at radius 3 is 2.61 bits per heavy atom. The molecule has 0 saturated heterocycles. The lowest BCUT2D eigenvalue weighted by molar-refractivity contribution is 0.774. The minimum absolute atomic E-state index is 0.00101. The molecule has 1 aromatic carbocycles. The van der Waals surface area contributed by atoms with Crippen LogP contribution in [0.1, 0.15) is 25.5 Å². The number of pyridine rings is 1. The van der Waals surface area contributed by atoms with Gasteiger partial charge in [-0.3, -0.25) is 9.20 Å². The summed E-state index contributed by atoms with van der Waals surface area (Å²) in [7, 11) is 1.88. The van der Waals surface area contributed by atoms with Crippen LogP contribution in [-0.4, -0.2) is 16.4 Å². The van der Waals surface area contributed by atoms with Crippen molar-refractivity contribution in [1.82, 2.24) is 9.38 Å². The number of nitrogens with zero attached hydrogens (tertiary/aromatic N) is 2. The molecule has 0 fully saturated rings. The molecule has 0 bridgehead atoms. The molecular formula is C19H21N3O. The molecule has 0 aliphatic rings. The van der Waals surface area contributed by atoms with E-state index in [0.29, 0.717) is 11.2 Å². The zero-order valence-corrected chi connectivity index (χ0v) is 13.5. The number of unbranched alkanes of at least 4 members (excludes halogenated alkanes) is 1. The van der Waals surface area contributed by atoms with Gasteiger partial charge in [-0.15, -0.1) is 0 Å². The monoisotopic (exact) mass is 307 g/mol. The maximum Gasteiger partial charge on any atom is 0.265 e. The second-order valence-corrected chi connectivity index (χ2v) is 5.60. The lowest BCUT2D eigenvalue weighted by atomic mass is 10.0. The van der Waals surface area contributed by atoms with Gasteiger partial charge in [-0.1, -0.05) is 31.5 Å². The van der Waals surface area contributed by atoms with E-state index in [1.165, 1.54) is 0 Å². The minimum Gasteiger partial charge on any atom is -0.388 e. The number of anilines is 1. The van der Waals surface area contributed by atoms with E-state index >= 15 is 0 Å². The number of aromatic nitrogens is 2. The average Bonchev–Trinajstić information content (AvgIpc) is 2.60. The number of fused-ring (bicyclic) bond motifs is 1. The maximum absolute atomic E-state index is 13.0. The summed E-state index contributed by atoms with van der Waals surface area (Å²) in [5.41, 5.74) is 4.26. The van der Waals surface area contributed by atoms with Crippen LogP contribution < -0.4 is 10.9 Å².